The Morgan fingerprint density at radius 1 is 0.889 bits per heavy atom. The van der Waals surface area contributed by atoms with Gasteiger partial charge in [0.15, 0.2) is 0 Å². The molecule has 1 rings (SSSR count). The number of unbranched alkanes of at least 4 members (excludes halogenated alkanes) is 10. The topological polar surface area (TPSA) is 35.5 Å². The van der Waals surface area contributed by atoms with Gasteiger partial charge in [-0.05, 0) is 43.4 Å². The maximum Gasteiger partial charge on any atom is 0.508 e. The molecule has 3 atom stereocenters. The fourth-order valence-corrected chi connectivity index (χ4v) is 4.16. The minimum absolute atomic E-state index is 0.0379. The Morgan fingerprint density at radius 3 is 2.00 bits per heavy atom. The van der Waals surface area contributed by atoms with E-state index in [2.05, 4.69) is 27.7 Å². The molecule has 0 amide bonds. The number of carbonyl (C=O) groups excluding carboxylic acids is 1. The van der Waals surface area contributed by atoms with Crippen LogP contribution in [0.25, 0.3) is 0 Å². The smallest absolute Gasteiger partial charge is 0.434 e. The average Bonchev–Trinajstić information content (AvgIpc) is 2.64. The average molecular weight is 383 g/mol. The first-order valence-electron chi connectivity index (χ1n) is 11.9. The maximum atomic E-state index is 12.0. The van der Waals surface area contributed by atoms with Gasteiger partial charge in [0.1, 0.15) is 6.10 Å². The van der Waals surface area contributed by atoms with Gasteiger partial charge >= 0.3 is 6.16 Å². The van der Waals surface area contributed by atoms with E-state index in [4.69, 9.17) is 9.47 Å². The van der Waals surface area contributed by atoms with Gasteiger partial charge in [-0.25, -0.2) is 4.79 Å². The van der Waals surface area contributed by atoms with Crippen molar-refractivity contribution in [1.82, 2.24) is 0 Å². The van der Waals surface area contributed by atoms with Crippen LogP contribution in [0.1, 0.15) is 118 Å². The molecule has 1 aliphatic carbocycles. The first-order chi connectivity index (χ1) is 13.0. The SMILES string of the molecule is CCCCCCCCCCCCCOC(=O)OC1CC(C(C)C)CCC1C. The minimum atomic E-state index is -0.455. The molecule has 0 radical (unpaired) electrons. The highest BCUT2D eigenvalue weighted by atomic mass is 16.7. The standard InChI is InChI=1S/C24H46O3/c1-5-6-7-8-9-10-11-12-13-14-15-18-26-24(25)27-23-19-22(20(2)3)17-16-21(23)4/h20-23H,5-19H2,1-4H3. The summed E-state index contributed by atoms with van der Waals surface area (Å²) in [5, 5.41) is 0. The molecule has 0 saturated heterocycles. The number of hydrogen-bond donors (Lipinski definition) is 0. The highest BCUT2D eigenvalue weighted by Crippen LogP contribution is 2.35. The zero-order valence-electron chi connectivity index (χ0n) is 18.6. The molecule has 0 spiro atoms. The van der Waals surface area contributed by atoms with Crippen LogP contribution in [0.2, 0.25) is 0 Å². The Morgan fingerprint density at radius 2 is 1.44 bits per heavy atom. The molecule has 0 aromatic heterocycles. The fraction of sp³-hybridized carbons (Fsp3) is 0.958. The van der Waals surface area contributed by atoms with Crippen molar-refractivity contribution in [2.75, 3.05) is 6.61 Å². The van der Waals surface area contributed by atoms with Gasteiger partial charge in [0, 0.05) is 0 Å². The molecule has 0 heterocycles. The summed E-state index contributed by atoms with van der Waals surface area (Å²) in [4.78, 5) is 12.0. The number of hydrogen-bond acceptors (Lipinski definition) is 3. The first kappa shape index (κ1) is 24.3. The Kier molecular flexibility index (Phi) is 13.7. The quantitative estimate of drug-likeness (QED) is 0.226. The van der Waals surface area contributed by atoms with E-state index in [0.29, 0.717) is 24.4 Å². The van der Waals surface area contributed by atoms with Crippen molar-refractivity contribution in [3.05, 3.63) is 0 Å². The molecule has 0 N–H and O–H groups in total. The van der Waals surface area contributed by atoms with Crippen LogP contribution in [0, 0.1) is 17.8 Å². The van der Waals surface area contributed by atoms with Gasteiger partial charge in [-0.3, -0.25) is 0 Å². The summed E-state index contributed by atoms with van der Waals surface area (Å²) in [6.45, 7) is 9.50. The van der Waals surface area contributed by atoms with Crippen LogP contribution in [0.3, 0.4) is 0 Å². The molecular formula is C24H46O3. The number of rotatable bonds is 14. The van der Waals surface area contributed by atoms with Crippen LogP contribution in [-0.2, 0) is 9.47 Å². The summed E-state index contributed by atoms with van der Waals surface area (Å²) >= 11 is 0. The molecule has 160 valence electrons. The van der Waals surface area contributed by atoms with Gasteiger partial charge in [0.25, 0.3) is 0 Å². The van der Waals surface area contributed by atoms with Gasteiger partial charge in [0.05, 0.1) is 6.61 Å². The second kappa shape index (κ2) is 15.2. The lowest BCUT2D eigenvalue weighted by atomic mass is 9.76. The molecular weight excluding hydrogens is 336 g/mol. The third kappa shape index (κ3) is 11.7. The Bertz CT molecular complexity index is 367. The third-order valence-electron chi connectivity index (χ3n) is 6.32. The summed E-state index contributed by atoms with van der Waals surface area (Å²) in [5.74, 6) is 1.79. The molecule has 3 nitrogen and oxygen atoms in total. The Hall–Kier alpha value is -0.730. The van der Waals surface area contributed by atoms with Crippen molar-refractivity contribution < 1.29 is 14.3 Å². The monoisotopic (exact) mass is 382 g/mol. The zero-order chi connectivity index (χ0) is 19.9. The summed E-state index contributed by atoms with van der Waals surface area (Å²) in [6, 6.07) is 0. The van der Waals surface area contributed by atoms with E-state index in [1.54, 1.807) is 0 Å². The van der Waals surface area contributed by atoms with Crippen molar-refractivity contribution in [3.8, 4) is 0 Å². The zero-order valence-corrected chi connectivity index (χ0v) is 18.6. The van der Waals surface area contributed by atoms with E-state index in [0.717, 1.165) is 25.7 Å². The second-order valence-corrected chi connectivity index (χ2v) is 9.08. The first-order valence-corrected chi connectivity index (χ1v) is 11.9. The van der Waals surface area contributed by atoms with Crippen LogP contribution < -0.4 is 0 Å². The van der Waals surface area contributed by atoms with Gasteiger partial charge in [-0.15, -0.1) is 0 Å². The Balaban J connectivity index is 1.96. The number of ether oxygens (including phenoxy) is 2. The highest BCUT2D eigenvalue weighted by molar-refractivity contribution is 5.60. The summed E-state index contributed by atoms with van der Waals surface area (Å²) in [7, 11) is 0. The summed E-state index contributed by atoms with van der Waals surface area (Å²) in [5.41, 5.74) is 0. The lowest BCUT2D eigenvalue weighted by molar-refractivity contribution is -0.0239. The molecule has 3 heteroatoms. The van der Waals surface area contributed by atoms with Crippen molar-refractivity contribution in [2.45, 2.75) is 124 Å². The molecule has 0 aromatic carbocycles. The normalized spacial score (nSPS) is 22.8. The third-order valence-corrected chi connectivity index (χ3v) is 6.32. The van der Waals surface area contributed by atoms with Gasteiger partial charge < -0.3 is 9.47 Å². The van der Waals surface area contributed by atoms with E-state index in [1.807, 2.05) is 0 Å². The molecule has 0 aliphatic heterocycles. The number of carbonyl (C=O) groups is 1. The molecule has 1 fully saturated rings. The molecule has 3 unspecified atom stereocenters. The van der Waals surface area contributed by atoms with Crippen LogP contribution in [-0.4, -0.2) is 18.9 Å². The van der Waals surface area contributed by atoms with E-state index >= 15 is 0 Å². The van der Waals surface area contributed by atoms with Crippen LogP contribution >= 0.6 is 0 Å². The van der Waals surface area contributed by atoms with Gasteiger partial charge in [0.2, 0.25) is 0 Å². The largest absolute Gasteiger partial charge is 0.508 e. The molecule has 27 heavy (non-hydrogen) atoms. The minimum Gasteiger partial charge on any atom is -0.434 e. The van der Waals surface area contributed by atoms with Crippen LogP contribution in [0.15, 0.2) is 0 Å². The molecule has 0 bridgehead atoms. The van der Waals surface area contributed by atoms with E-state index in [1.165, 1.54) is 64.2 Å². The predicted molar refractivity (Wildman–Crippen MR) is 114 cm³/mol. The van der Waals surface area contributed by atoms with Crippen molar-refractivity contribution in [1.29, 1.82) is 0 Å². The van der Waals surface area contributed by atoms with E-state index < -0.39 is 6.16 Å². The molecule has 0 aromatic rings. The lowest BCUT2D eigenvalue weighted by Crippen LogP contribution is -2.34. The fourth-order valence-electron chi connectivity index (χ4n) is 4.16. The van der Waals surface area contributed by atoms with Gasteiger partial charge in [-0.1, -0.05) is 91.9 Å². The summed E-state index contributed by atoms with van der Waals surface area (Å²) < 4.78 is 10.9. The maximum absolute atomic E-state index is 12.0. The Labute approximate surface area is 169 Å². The van der Waals surface area contributed by atoms with Crippen LogP contribution in [0.5, 0.6) is 0 Å². The predicted octanol–water partition coefficient (Wildman–Crippen LogP) is 7.91. The second-order valence-electron chi connectivity index (χ2n) is 9.08. The van der Waals surface area contributed by atoms with Crippen molar-refractivity contribution in [2.24, 2.45) is 17.8 Å². The van der Waals surface area contributed by atoms with Crippen molar-refractivity contribution in [3.63, 3.8) is 0 Å². The highest BCUT2D eigenvalue weighted by Gasteiger charge is 2.32. The summed E-state index contributed by atoms with van der Waals surface area (Å²) in [6.07, 6.45) is 17.3. The molecule has 1 saturated carbocycles. The van der Waals surface area contributed by atoms with Gasteiger partial charge in [-0.2, -0.15) is 0 Å². The van der Waals surface area contributed by atoms with Crippen molar-refractivity contribution >= 4 is 6.16 Å². The lowest BCUT2D eigenvalue weighted by Gasteiger charge is -2.35. The van der Waals surface area contributed by atoms with E-state index in [9.17, 15) is 4.79 Å². The van der Waals surface area contributed by atoms with Crippen LogP contribution in [0.4, 0.5) is 4.79 Å². The van der Waals surface area contributed by atoms with E-state index in [-0.39, 0.29) is 6.10 Å². The molecule has 1 aliphatic rings.